The first-order chi connectivity index (χ1) is 19.6. The van der Waals surface area contributed by atoms with Crippen LogP contribution >= 0.6 is 0 Å². The third-order valence-corrected chi connectivity index (χ3v) is 10.2. The first kappa shape index (κ1) is 27.7. The lowest BCUT2D eigenvalue weighted by Crippen LogP contribution is -2.42. The van der Waals surface area contributed by atoms with Crippen molar-refractivity contribution in [3.8, 4) is 0 Å². The number of nitrogens with one attached hydrogen (secondary N) is 2. The van der Waals surface area contributed by atoms with Gasteiger partial charge in [0.05, 0.1) is 5.56 Å². The van der Waals surface area contributed by atoms with Gasteiger partial charge in [0.25, 0.3) is 15.9 Å². The molecule has 4 bridgehead atoms. The molecule has 0 spiro atoms. The van der Waals surface area contributed by atoms with E-state index in [1.807, 2.05) is 4.90 Å². The number of carbonyl (C=O) groups is 2. The van der Waals surface area contributed by atoms with Crippen molar-refractivity contribution < 1.29 is 18.0 Å². The highest BCUT2D eigenvalue weighted by Crippen LogP contribution is 2.40. The molecule has 4 aliphatic rings. The molecule has 1 aliphatic carbocycles. The van der Waals surface area contributed by atoms with Crippen molar-refractivity contribution in [1.82, 2.24) is 19.6 Å². The minimum absolute atomic E-state index is 0.0504. The highest BCUT2D eigenvalue weighted by molar-refractivity contribution is 7.90. The number of carbonyl (C=O) groups excluding carboxylic acids is 2. The van der Waals surface area contributed by atoms with Gasteiger partial charge in [-0.2, -0.15) is 8.42 Å². The van der Waals surface area contributed by atoms with Crippen molar-refractivity contribution in [3.63, 3.8) is 0 Å². The number of hydrogen-bond acceptors (Lipinski definition) is 8. The second-order valence-electron chi connectivity index (χ2n) is 12.3. The van der Waals surface area contributed by atoms with E-state index in [0.717, 1.165) is 44.9 Å². The smallest absolute Gasteiger partial charge is 0.326 e. The number of nitrogens with zero attached hydrogens (tertiary/aromatic N) is 5. The summed E-state index contributed by atoms with van der Waals surface area (Å²) in [7, 11) is -4.24. The van der Waals surface area contributed by atoms with Crippen LogP contribution in [0.15, 0.2) is 35.4 Å². The molecule has 1 atom stereocenters. The Bertz CT molecular complexity index is 1440. The standard InChI is InChI=1S/C29H39N7O4S/c1-29(2)18-20-8-7-15-30-23-11-6-12-25(31-23)41(39,40)33-27(37)22-13-14-24(32-26(22)36(29)19-20)35-17-16-34(28(35)38)21-9-4-3-5-10-21/h6,11-14,20-21H,3-5,7-10,15-19H2,1-2H3,(H,30,31)(H,33,37)/t20-/m0/s1. The van der Waals surface area contributed by atoms with Crippen LogP contribution in [0.2, 0.25) is 0 Å². The molecule has 2 N–H and O–H groups in total. The highest BCUT2D eigenvalue weighted by atomic mass is 32.2. The molecular formula is C29H39N7O4S. The zero-order valence-electron chi connectivity index (χ0n) is 23.8. The molecule has 3 fully saturated rings. The van der Waals surface area contributed by atoms with Crippen LogP contribution in [0.5, 0.6) is 0 Å². The summed E-state index contributed by atoms with van der Waals surface area (Å²) in [4.78, 5) is 42.1. The van der Waals surface area contributed by atoms with Gasteiger partial charge in [-0.25, -0.2) is 19.5 Å². The largest absolute Gasteiger partial charge is 0.370 e. The van der Waals surface area contributed by atoms with Crippen LogP contribution in [0, 0.1) is 5.92 Å². The van der Waals surface area contributed by atoms with E-state index >= 15 is 0 Å². The van der Waals surface area contributed by atoms with E-state index in [4.69, 9.17) is 4.98 Å². The van der Waals surface area contributed by atoms with E-state index in [9.17, 15) is 18.0 Å². The maximum Gasteiger partial charge on any atom is 0.326 e. The summed E-state index contributed by atoms with van der Waals surface area (Å²) in [5.41, 5.74) is -0.157. The van der Waals surface area contributed by atoms with Gasteiger partial charge in [-0.05, 0) is 76.1 Å². The molecule has 6 rings (SSSR count). The van der Waals surface area contributed by atoms with Crippen molar-refractivity contribution in [2.75, 3.05) is 41.3 Å². The number of fused-ring (bicyclic) bond motifs is 6. The average Bonchev–Trinajstić information content (AvgIpc) is 3.48. The Morgan fingerprint density at radius 2 is 1.76 bits per heavy atom. The Kier molecular flexibility index (Phi) is 7.29. The molecule has 41 heavy (non-hydrogen) atoms. The normalized spacial score (nSPS) is 24.7. The quantitative estimate of drug-likeness (QED) is 0.545. The Balaban J connectivity index is 1.37. The predicted molar refractivity (Wildman–Crippen MR) is 157 cm³/mol. The molecule has 0 aromatic carbocycles. The molecule has 11 nitrogen and oxygen atoms in total. The lowest BCUT2D eigenvalue weighted by atomic mass is 9.93. The number of aromatic nitrogens is 2. The molecule has 0 unspecified atom stereocenters. The van der Waals surface area contributed by atoms with Gasteiger partial charge in [-0.15, -0.1) is 0 Å². The second-order valence-corrected chi connectivity index (χ2v) is 13.9. The topological polar surface area (TPSA) is 128 Å². The maximum absolute atomic E-state index is 13.6. The number of pyridine rings is 2. The fourth-order valence-electron chi connectivity index (χ4n) is 6.92. The first-order valence-corrected chi connectivity index (χ1v) is 16.3. The lowest BCUT2D eigenvalue weighted by Gasteiger charge is -2.34. The van der Waals surface area contributed by atoms with E-state index in [1.54, 1.807) is 29.2 Å². The molecule has 1 saturated carbocycles. The van der Waals surface area contributed by atoms with Crippen molar-refractivity contribution in [3.05, 3.63) is 35.9 Å². The van der Waals surface area contributed by atoms with Crippen LogP contribution in [0.25, 0.3) is 0 Å². The summed E-state index contributed by atoms with van der Waals surface area (Å²) in [6, 6.07) is 8.16. The highest BCUT2D eigenvalue weighted by Gasteiger charge is 2.42. The SMILES string of the molecule is CC1(C)C[C@@H]2CCCNc3cccc(n3)S(=O)(=O)NC(=O)c3ccc(N4CCN(C5CCCCC5)C4=O)nc3N1C2. The van der Waals surface area contributed by atoms with Gasteiger partial charge in [0.1, 0.15) is 17.5 Å². The fourth-order valence-corrected chi connectivity index (χ4v) is 7.86. The molecule has 3 amide bonds. The van der Waals surface area contributed by atoms with E-state index in [2.05, 4.69) is 33.8 Å². The second kappa shape index (κ2) is 10.8. The number of hydrogen-bond donors (Lipinski definition) is 2. The van der Waals surface area contributed by atoms with E-state index < -0.39 is 15.9 Å². The van der Waals surface area contributed by atoms with Gasteiger partial charge < -0.3 is 15.1 Å². The van der Waals surface area contributed by atoms with Gasteiger partial charge >= 0.3 is 6.03 Å². The van der Waals surface area contributed by atoms with Gasteiger partial charge in [0, 0.05) is 37.8 Å². The van der Waals surface area contributed by atoms with Gasteiger partial charge in [-0.3, -0.25) is 9.69 Å². The number of urea groups is 1. The summed E-state index contributed by atoms with van der Waals surface area (Å²) < 4.78 is 28.6. The average molecular weight is 582 g/mol. The van der Waals surface area contributed by atoms with Crippen LogP contribution in [-0.4, -0.2) is 73.0 Å². The third kappa shape index (κ3) is 5.45. The Hall–Kier alpha value is -3.41. The molecular weight excluding hydrogens is 542 g/mol. The minimum Gasteiger partial charge on any atom is -0.370 e. The number of anilines is 3. The van der Waals surface area contributed by atoms with Crippen LogP contribution in [0.1, 0.15) is 75.6 Å². The summed E-state index contributed by atoms with van der Waals surface area (Å²) >= 11 is 0. The summed E-state index contributed by atoms with van der Waals surface area (Å²) in [6.07, 6.45) is 8.33. The zero-order valence-corrected chi connectivity index (χ0v) is 24.6. The molecule has 2 saturated heterocycles. The molecule has 12 heteroatoms. The van der Waals surface area contributed by atoms with Crippen molar-refractivity contribution in [2.24, 2.45) is 5.92 Å². The molecule has 5 heterocycles. The monoisotopic (exact) mass is 581 g/mol. The number of amides is 3. The molecule has 2 aromatic rings. The third-order valence-electron chi connectivity index (χ3n) is 8.97. The Morgan fingerprint density at radius 1 is 0.951 bits per heavy atom. The maximum atomic E-state index is 13.6. The number of rotatable bonds is 2. The van der Waals surface area contributed by atoms with E-state index in [1.165, 1.54) is 12.5 Å². The predicted octanol–water partition coefficient (Wildman–Crippen LogP) is 3.98. The summed E-state index contributed by atoms with van der Waals surface area (Å²) in [5, 5.41) is 2.98. The zero-order chi connectivity index (χ0) is 28.8. The van der Waals surface area contributed by atoms with Crippen molar-refractivity contribution in [1.29, 1.82) is 0 Å². The van der Waals surface area contributed by atoms with E-state index in [0.29, 0.717) is 49.6 Å². The summed E-state index contributed by atoms with van der Waals surface area (Å²) in [5.74, 6) is 0.939. The summed E-state index contributed by atoms with van der Waals surface area (Å²) in [6.45, 7) is 6.78. The van der Waals surface area contributed by atoms with Crippen LogP contribution in [-0.2, 0) is 10.0 Å². The van der Waals surface area contributed by atoms with Gasteiger partial charge in [-0.1, -0.05) is 25.3 Å². The molecule has 220 valence electrons. The number of sulfonamides is 1. The Labute approximate surface area is 241 Å². The van der Waals surface area contributed by atoms with Gasteiger partial charge in [0.15, 0.2) is 5.03 Å². The van der Waals surface area contributed by atoms with E-state index in [-0.39, 0.29) is 28.2 Å². The van der Waals surface area contributed by atoms with Crippen molar-refractivity contribution in [2.45, 2.75) is 81.8 Å². The van der Waals surface area contributed by atoms with Crippen LogP contribution in [0.4, 0.5) is 22.2 Å². The molecule has 3 aliphatic heterocycles. The van der Waals surface area contributed by atoms with Gasteiger partial charge in [0.2, 0.25) is 0 Å². The minimum atomic E-state index is -4.24. The molecule has 2 aromatic heterocycles. The van der Waals surface area contributed by atoms with Crippen LogP contribution < -0.4 is 19.8 Å². The van der Waals surface area contributed by atoms with Crippen LogP contribution in [0.3, 0.4) is 0 Å². The lowest BCUT2D eigenvalue weighted by molar-refractivity contribution is 0.0981. The first-order valence-electron chi connectivity index (χ1n) is 14.8. The van der Waals surface area contributed by atoms with Crippen molar-refractivity contribution >= 4 is 39.4 Å². The Morgan fingerprint density at radius 3 is 2.56 bits per heavy atom. The molecule has 0 radical (unpaired) electrons. The fraction of sp³-hybridized carbons (Fsp3) is 0.586.